The predicted molar refractivity (Wildman–Crippen MR) is 134 cm³/mol. The van der Waals surface area contributed by atoms with Gasteiger partial charge in [-0.15, -0.1) is 24.0 Å². The van der Waals surface area contributed by atoms with Crippen molar-refractivity contribution in [3.63, 3.8) is 0 Å². The zero-order valence-corrected chi connectivity index (χ0v) is 20.4. The summed E-state index contributed by atoms with van der Waals surface area (Å²) in [5.41, 5.74) is 0.937. The van der Waals surface area contributed by atoms with E-state index in [0.717, 1.165) is 49.0 Å². The van der Waals surface area contributed by atoms with Gasteiger partial charge in [0.1, 0.15) is 5.82 Å². The molecule has 2 N–H and O–H groups in total. The number of aliphatic imine (C=N–C) groups is 1. The number of nitrogens with one attached hydrogen (secondary N) is 2. The quantitative estimate of drug-likeness (QED) is 0.317. The van der Waals surface area contributed by atoms with Crippen LogP contribution in [0.4, 0.5) is 10.1 Å². The van der Waals surface area contributed by atoms with Crippen molar-refractivity contribution in [1.82, 2.24) is 10.6 Å². The maximum Gasteiger partial charge on any atom is 0.191 e. The Balaban J connectivity index is 0.00000320. The Hall–Kier alpha value is -1.68. The summed E-state index contributed by atoms with van der Waals surface area (Å²) in [4.78, 5) is 7.65. The molecule has 0 aromatic heterocycles. The highest BCUT2D eigenvalue weighted by Crippen LogP contribution is 2.20. The highest BCUT2D eigenvalue weighted by atomic mass is 127. The van der Waals surface area contributed by atoms with Gasteiger partial charge in [0.15, 0.2) is 5.96 Å². The Morgan fingerprint density at radius 2 is 1.90 bits per heavy atom. The maximum absolute atomic E-state index is 13.5. The van der Waals surface area contributed by atoms with Crippen molar-refractivity contribution in [2.24, 2.45) is 4.99 Å². The zero-order chi connectivity index (χ0) is 20.5. The smallest absolute Gasteiger partial charge is 0.191 e. The molecule has 0 bridgehead atoms. The molecule has 0 amide bonds. The second-order valence-electron chi connectivity index (χ2n) is 7.01. The van der Waals surface area contributed by atoms with E-state index in [1.165, 1.54) is 6.07 Å². The molecule has 1 aliphatic heterocycles. The Kier molecular flexibility index (Phi) is 10.6. The molecule has 164 valence electrons. The molecule has 1 saturated heterocycles. The fraction of sp³-hybridized carbons (Fsp3) is 0.409. The first-order valence-electron chi connectivity index (χ1n) is 10.1. The molecule has 0 spiro atoms. The topological polar surface area (TPSA) is 56.7 Å². The minimum Gasteiger partial charge on any atom is -0.371 e. The molecule has 1 unspecified atom stereocenters. The van der Waals surface area contributed by atoms with E-state index < -0.39 is 10.8 Å². The van der Waals surface area contributed by atoms with Crippen LogP contribution in [0.3, 0.4) is 0 Å². The van der Waals surface area contributed by atoms with Gasteiger partial charge >= 0.3 is 0 Å². The molecular formula is C22H30FIN4OS. The molecule has 2 aromatic rings. The van der Waals surface area contributed by atoms with Crippen molar-refractivity contribution in [3.05, 3.63) is 60.4 Å². The lowest BCUT2D eigenvalue weighted by Gasteiger charge is -2.34. The van der Waals surface area contributed by atoms with Gasteiger partial charge in [-0.25, -0.2) is 4.39 Å². The summed E-state index contributed by atoms with van der Waals surface area (Å²) in [6.07, 6.45) is 1.91. The van der Waals surface area contributed by atoms with Crippen molar-refractivity contribution in [1.29, 1.82) is 0 Å². The molecule has 1 aliphatic rings. The molecule has 30 heavy (non-hydrogen) atoms. The van der Waals surface area contributed by atoms with Crippen LogP contribution < -0.4 is 15.5 Å². The van der Waals surface area contributed by atoms with Gasteiger partial charge in [0.25, 0.3) is 0 Å². The SMILES string of the molecule is CCNC(=NCCS(=O)c1ccccc1)NC1CCN(c2cccc(F)c2)CC1.I. The highest BCUT2D eigenvalue weighted by molar-refractivity contribution is 14.0. The third-order valence-electron chi connectivity index (χ3n) is 4.91. The van der Waals surface area contributed by atoms with Gasteiger partial charge in [0.2, 0.25) is 0 Å². The van der Waals surface area contributed by atoms with Crippen molar-refractivity contribution in [2.75, 3.05) is 36.8 Å². The molecule has 5 nitrogen and oxygen atoms in total. The molecular weight excluding hydrogens is 514 g/mol. The monoisotopic (exact) mass is 544 g/mol. The van der Waals surface area contributed by atoms with Gasteiger partial charge in [0.05, 0.1) is 17.3 Å². The average Bonchev–Trinajstić information content (AvgIpc) is 2.75. The van der Waals surface area contributed by atoms with Gasteiger partial charge in [-0.05, 0) is 50.1 Å². The van der Waals surface area contributed by atoms with E-state index in [0.29, 0.717) is 18.3 Å². The number of halogens is 2. The van der Waals surface area contributed by atoms with E-state index in [9.17, 15) is 8.60 Å². The molecule has 2 aromatic carbocycles. The van der Waals surface area contributed by atoms with Crippen LogP contribution in [0, 0.1) is 5.82 Å². The predicted octanol–water partition coefficient (Wildman–Crippen LogP) is 3.78. The number of rotatable bonds is 7. The van der Waals surface area contributed by atoms with Crippen LogP contribution in [0.15, 0.2) is 64.5 Å². The van der Waals surface area contributed by atoms with Crippen LogP contribution in [0.5, 0.6) is 0 Å². The minimum atomic E-state index is -1.04. The summed E-state index contributed by atoms with van der Waals surface area (Å²) >= 11 is 0. The highest BCUT2D eigenvalue weighted by Gasteiger charge is 2.20. The second-order valence-corrected chi connectivity index (χ2v) is 8.58. The zero-order valence-electron chi connectivity index (χ0n) is 17.2. The van der Waals surface area contributed by atoms with Crippen LogP contribution in [0.25, 0.3) is 0 Å². The third-order valence-corrected chi connectivity index (χ3v) is 6.26. The van der Waals surface area contributed by atoms with Crippen molar-refractivity contribution in [2.45, 2.75) is 30.7 Å². The number of nitrogens with zero attached hydrogens (tertiary/aromatic N) is 2. The summed E-state index contributed by atoms with van der Waals surface area (Å²) < 4.78 is 25.8. The molecule has 1 fully saturated rings. The van der Waals surface area contributed by atoms with E-state index >= 15 is 0 Å². The summed E-state index contributed by atoms with van der Waals surface area (Å²) in [6.45, 7) is 5.05. The number of guanidine groups is 1. The van der Waals surface area contributed by atoms with Gasteiger partial charge in [-0.1, -0.05) is 24.3 Å². The van der Waals surface area contributed by atoms with Crippen LogP contribution in [0.1, 0.15) is 19.8 Å². The summed E-state index contributed by atoms with van der Waals surface area (Å²) in [5.74, 6) is 1.07. The van der Waals surface area contributed by atoms with Crippen LogP contribution in [-0.4, -0.2) is 48.1 Å². The largest absolute Gasteiger partial charge is 0.371 e. The minimum absolute atomic E-state index is 0. The number of hydrogen-bond acceptors (Lipinski definition) is 3. The average molecular weight is 544 g/mol. The van der Waals surface area contributed by atoms with E-state index in [-0.39, 0.29) is 29.8 Å². The fourth-order valence-electron chi connectivity index (χ4n) is 3.40. The molecule has 0 aliphatic carbocycles. The number of hydrogen-bond donors (Lipinski definition) is 2. The van der Waals surface area contributed by atoms with Crippen LogP contribution >= 0.6 is 24.0 Å². The normalized spacial score (nSPS) is 15.9. The van der Waals surface area contributed by atoms with Crippen molar-refractivity contribution in [3.8, 4) is 0 Å². The first-order chi connectivity index (χ1) is 14.2. The first-order valence-corrected chi connectivity index (χ1v) is 11.5. The molecule has 3 rings (SSSR count). The lowest BCUT2D eigenvalue weighted by molar-refractivity contribution is 0.461. The van der Waals surface area contributed by atoms with Gasteiger partial charge in [0, 0.05) is 42.0 Å². The summed E-state index contributed by atoms with van der Waals surface area (Å²) in [6, 6.07) is 16.6. The number of benzene rings is 2. The third kappa shape index (κ3) is 7.54. The number of anilines is 1. The lowest BCUT2D eigenvalue weighted by atomic mass is 10.0. The Morgan fingerprint density at radius 1 is 1.17 bits per heavy atom. The Bertz CT molecular complexity index is 829. The van der Waals surface area contributed by atoms with E-state index in [1.54, 1.807) is 12.1 Å². The van der Waals surface area contributed by atoms with E-state index in [4.69, 9.17) is 0 Å². The van der Waals surface area contributed by atoms with E-state index in [2.05, 4.69) is 20.5 Å². The number of piperidine rings is 1. The molecule has 8 heteroatoms. The fourth-order valence-corrected chi connectivity index (χ4v) is 4.35. The lowest BCUT2D eigenvalue weighted by Crippen LogP contribution is -2.48. The Morgan fingerprint density at radius 3 is 2.57 bits per heavy atom. The van der Waals surface area contributed by atoms with Gasteiger partial charge in [-0.3, -0.25) is 9.20 Å². The molecule has 0 radical (unpaired) electrons. The van der Waals surface area contributed by atoms with Crippen LogP contribution in [0.2, 0.25) is 0 Å². The summed E-state index contributed by atoms with van der Waals surface area (Å²) in [7, 11) is -1.04. The standard InChI is InChI=1S/C22H29FN4OS.HI/c1-2-24-22(25-13-16-29(28)21-9-4-3-5-10-21)26-19-11-14-27(15-12-19)20-8-6-7-18(23)17-20;/h3-10,17,19H,2,11-16H2,1H3,(H2,24,25,26);1H. The van der Waals surface area contributed by atoms with Crippen LogP contribution in [-0.2, 0) is 10.8 Å². The van der Waals surface area contributed by atoms with Gasteiger partial charge in [-0.2, -0.15) is 0 Å². The molecule has 1 heterocycles. The summed E-state index contributed by atoms with van der Waals surface area (Å²) in [5, 5.41) is 6.76. The van der Waals surface area contributed by atoms with E-state index in [1.807, 2.05) is 43.3 Å². The molecule has 0 saturated carbocycles. The van der Waals surface area contributed by atoms with Crippen molar-refractivity contribution < 1.29 is 8.60 Å². The maximum atomic E-state index is 13.5. The van der Waals surface area contributed by atoms with Gasteiger partial charge < -0.3 is 15.5 Å². The first kappa shape index (κ1) is 24.6. The molecule has 1 atom stereocenters. The Labute approximate surface area is 198 Å². The van der Waals surface area contributed by atoms with Crippen molar-refractivity contribution >= 4 is 46.4 Å². The second kappa shape index (κ2) is 12.9.